The molecule has 0 aromatic heterocycles. The number of benzene rings is 1. The van der Waals surface area contributed by atoms with Gasteiger partial charge in [0.1, 0.15) is 12.4 Å². The summed E-state index contributed by atoms with van der Waals surface area (Å²) in [5.74, 6) is 0.571. The van der Waals surface area contributed by atoms with Crippen molar-refractivity contribution in [1.82, 2.24) is 4.89 Å². The van der Waals surface area contributed by atoms with E-state index in [0.29, 0.717) is 25.6 Å². The molecule has 0 saturated heterocycles. The number of nitrogens with one attached hydrogen (secondary N) is 1. The molecule has 0 bridgehead atoms. The Labute approximate surface area is 118 Å². The third-order valence-corrected chi connectivity index (χ3v) is 3.48. The molecule has 1 rings (SSSR count). The van der Waals surface area contributed by atoms with Crippen molar-refractivity contribution in [1.29, 1.82) is 0 Å². The maximum atomic E-state index is 11.8. The summed E-state index contributed by atoms with van der Waals surface area (Å²) >= 11 is 0. The first-order chi connectivity index (χ1) is 9.60. The van der Waals surface area contributed by atoms with Crippen LogP contribution in [-0.2, 0) is 24.3 Å². The Kier molecular flexibility index (Phi) is 7.48. The second-order valence-corrected chi connectivity index (χ2v) is 5.39. The quantitative estimate of drug-likeness (QED) is 0.502. The van der Waals surface area contributed by atoms with Crippen molar-refractivity contribution in [3.05, 3.63) is 24.3 Å². The van der Waals surface area contributed by atoms with Gasteiger partial charge in [0.2, 0.25) is 0 Å². The Morgan fingerprint density at radius 2 is 1.55 bits per heavy atom. The molecule has 0 unspecified atom stereocenters. The van der Waals surface area contributed by atoms with Crippen LogP contribution in [0.25, 0.3) is 0 Å². The third kappa shape index (κ3) is 5.85. The molecular formula is C12H19NO6S. The Bertz CT molecular complexity index is 473. The second-order valence-electron chi connectivity index (χ2n) is 3.74. The molecule has 0 aliphatic rings. The first-order valence-corrected chi connectivity index (χ1v) is 7.43. The fourth-order valence-electron chi connectivity index (χ4n) is 1.25. The zero-order valence-electron chi connectivity index (χ0n) is 11.5. The van der Waals surface area contributed by atoms with E-state index < -0.39 is 10.0 Å². The fourth-order valence-corrected chi connectivity index (χ4v) is 2.08. The van der Waals surface area contributed by atoms with Gasteiger partial charge in [-0.15, -0.1) is 0 Å². The van der Waals surface area contributed by atoms with Crippen LogP contribution < -0.4 is 9.62 Å². The number of rotatable bonds is 10. The van der Waals surface area contributed by atoms with Gasteiger partial charge in [-0.3, -0.25) is 4.84 Å². The predicted octanol–water partition coefficient (Wildman–Crippen LogP) is 0.568. The first-order valence-electron chi connectivity index (χ1n) is 5.94. The van der Waals surface area contributed by atoms with Crippen molar-refractivity contribution in [2.45, 2.75) is 4.90 Å². The summed E-state index contributed by atoms with van der Waals surface area (Å²) in [6.07, 6.45) is 0. The lowest BCUT2D eigenvalue weighted by Crippen LogP contribution is -2.25. The van der Waals surface area contributed by atoms with Gasteiger partial charge < -0.3 is 14.2 Å². The molecular weight excluding hydrogens is 286 g/mol. The highest BCUT2D eigenvalue weighted by Gasteiger charge is 2.13. The van der Waals surface area contributed by atoms with Crippen LogP contribution in [0.2, 0.25) is 0 Å². The van der Waals surface area contributed by atoms with Crippen LogP contribution >= 0.6 is 0 Å². The molecule has 0 saturated carbocycles. The molecule has 114 valence electrons. The van der Waals surface area contributed by atoms with Gasteiger partial charge in [0.25, 0.3) is 10.0 Å². The number of hydrogen-bond acceptors (Lipinski definition) is 6. The summed E-state index contributed by atoms with van der Waals surface area (Å²) in [5, 5.41) is 0. The third-order valence-electron chi connectivity index (χ3n) is 2.25. The van der Waals surface area contributed by atoms with Crippen LogP contribution in [0.4, 0.5) is 0 Å². The standard InChI is InChI=1S/C12H19NO6S/c1-16-7-9-18-11-3-5-12(6-4-11)20(14,15)13-19-10-8-17-2/h3-6,13H,7-10H2,1-2H3. The largest absolute Gasteiger partial charge is 0.491 e. The Morgan fingerprint density at radius 3 is 2.15 bits per heavy atom. The lowest BCUT2D eigenvalue weighted by atomic mass is 10.3. The van der Waals surface area contributed by atoms with E-state index in [9.17, 15) is 8.42 Å². The lowest BCUT2D eigenvalue weighted by molar-refractivity contribution is 0.0438. The number of ether oxygens (including phenoxy) is 3. The minimum absolute atomic E-state index is 0.0917. The van der Waals surface area contributed by atoms with Gasteiger partial charge in [0.15, 0.2) is 0 Å². The van der Waals surface area contributed by atoms with E-state index in [2.05, 4.69) is 0 Å². The normalized spacial score (nSPS) is 11.5. The van der Waals surface area contributed by atoms with E-state index in [0.717, 1.165) is 0 Å². The lowest BCUT2D eigenvalue weighted by Gasteiger charge is -2.08. The topological polar surface area (TPSA) is 83.1 Å². The van der Waals surface area contributed by atoms with Crippen LogP contribution in [0, 0.1) is 0 Å². The Morgan fingerprint density at radius 1 is 0.950 bits per heavy atom. The average molecular weight is 305 g/mol. The predicted molar refractivity (Wildman–Crippen MR) is 72.0 cm³/mol. The summed E-state index contributed by atoms with van der Waals surface area (Å²) < 4.78 is 38.6. The summed E-state index contributed by atoms with van der Waals surface area (Å²) in [7, 11) is -0.613. The van der Waals surface area contributed by atoms with Crippen LogP contribution in [0.5, 0.6) is 5.75 Å². The van der Waals surface area contributed by atoms with Crippen LogP contribution in [0.3, 0.4) is 0 Å². The molecule has 1 aromatic carbocycles. The van der Waals surface area contributed by atoms with Crippen LogP contribution in [-0.4, -0.2) is 49.1 Å². The van der Waals surface area contributed by atoms with E-state index >= 15 is 0 Å². The maximum absolute atomic E-state index is 11.8. The molecule has 20 heavy (non-hydrogen) atoms. The van der Waals surface area contributed by atoms with Gasteiger partial charge in [0, 0.05) is 14.2 Å². The van der Waals surface area contributed by atoms with Gasteiger partial charge in [-0.25, -0.2) is 8.42 Å². The van der Waals surface area contributed by atoms with E-state index in [1.807, 2.05) is 4.89 Å². The smallest absolute Gasteiger partial charge is 0.262 e. The molecule has 0 amide bonds. The second kappa shape index (κ2) is 8.88. The monoisotopic (exact) mass is 305 g/mol. The molecule has 0 radical (unpaired) electrons. The number of sulfonamides is 1. The van der Waals surface area contributed by atoms with Crippen molar-refractivity contribution in [2.24, 2.45) is 0 Å². The zero-order valence-corrected chi connectivity index (χ0v) is 12.3. The fraction of sp³-hybridized carbons (Fsp3) is 0.500. The molecule has 7 nitrogen and oxygen atoms in total. The van der Waals surface area contributed by atoms with Crippen molar-refractivity contribution >= 4 is 10.0 Å². The van der Waals surface area contributed by atoms with E-state index in [1.54, 1.807) is 19.2 Å². The molecule has 0 heterocycles. The number of methoxy groups -OCH3 is 2. The summed E-state index contributed by atoms with van der Waals surface area (Å²) in [4.78, 5) is 6.90. The molecule has 0 fully saturated rings. The van der Waals surface area contributed by atoms with Crippen molar-refractivity contribution in [3.8, 4) is 5.75 Å². The molecule has 0 aliphatic carbocycles. The van der Waals surface area contributed by atoms with E-state index in [1.165, 1.54) is 19.2 Å². The summed E-state index contributed by atoms with van der Waals surface area (Å²) in [5.41, 5.74) is 0. The van der Waals surface area contributed by atoms with Crippen molar-refractivity contribution < 1.29 is 27.5 Å². The SMILES string of the molecule is COCCONS(=O)(=O)c1ccc(OCCOC)cc1. The minimum Gasteiger partial charge on any atom is -0.491 e. The first kappa shape index (κ1) is 16.9. The van der Waals surface area contributed by atoms with Gasteiger partial charge in [-0.2, -0.15) is 0 Å². The highest BCUT2D eigenvalue weighted by molar-refractivity contribution is 7.89. The molecule has 1 aromatic rings. The molecule has 0 atom stereocenters. The highest BCUT2D eigenvalue weighted by atomic mass is 32.2. The van der Waals surface area contributed by atoms with Gasteiger partial charge in [0.05, 0.1) is 24.7 Å². The van der Waals surface area contributed by atoms with Crippen molar-refractivity contribution in [2.75, 3.05) is 40.6 Å². The minimum atomic E-state index is -3.69. The zero-order chi connectivity index (χ0) is 14.8. The molecule has 8 heteroatoms. The van der Waals surface area contributed by atoms with Gasteiger partial charge >= 0.3 is 0 Å². The summed E-state index contributed by atoms with van der Waals surface area (Å²) in [6.45, 7) is 1.30. The van der Waals surface area contributed by atoms with E-state index in [-0.39, 0.29) is 11.5 Å². The number of hydrogen-bond donors (Lipinski definition) is 1. The molecule has 1 N–H and O–H groups in total. The Hall–Kier alpha value is -1.19. The van der Waals surface area contributed by atoms with E-state index in [4.69, 9.17) is 19.0 Å². The maximum Gasteiger partial charge on any atom is 0.262 e. The average Bonchev–Trinajstić information content (AvgIpc) is 2.45. The Balaban J connectivity index is 2.53. The van der Waals surface area contributed by atoms with Gasteiger partial charge in [-0.05, 0) is 24.3 Å². The van der Waals surface area contributed by atoms with Crippen LogP contribution in [0.15, 0.2) is 29.2 Å². The summed E-state index contributed by atoms with van der Waals surface area (Å²) in [6, 6.07) is 6.01. The highest BCUT2D eigenvalue weighted by Crippen LogP contribution is 2.15. The molecule has 0 spiro atoms. The molecule has 0 aliphatic heterocycles. The van der Waals surface area contributed by atoms with Crippen molar-refractivity contribution in [3.63, 3.8) is 0 Å². The van der Waals surface area contributed by atoms with Gasteiger partial charge in [-0.1, -0.05) is 4.89 Å². The van der Waals surface area contributed by atoms with Crippen LogP contribution in [0.1, 0.15) is 0 Å².